The molecule has 0 aliphatic rings. The summed E-state index contributed by atoms with van der Waals surface area (Å²) in [6, 6.07) is 12.6. The van der Waals surface area contributed by atoms with Crippen LogP contribution in [0.3, 0.4) is 0 Å². The van der Waals surface area contributed by atoms with Crippen LogP contribution in [0.4, 0.5) is 0 Å². The maximum Gasteiger partial charge on any atom is 0.170 e. The molecule has 0 radical (unpaired) electrons. The molecular formula is C15H15BrN2O3. The van der Waals surface area contributed by atoms with E-state index in [4.69, 9.17) is 20.8 Å². The fraction of sp³-hybridized carbons (Fsp3) is 0.133. The van der Waals surface area contributed by atoms with Crippen molar-refractivity contribution < 1.29 is 15.1 Å². The average Bonchev–Trinajstić information content (AvgIpc) is 2.50. The van der Waals surface area contributed by atoms with E-state index in [1.165, 1.54) is 0 Å². The van der Waals surface area contributed by atoms with E-state index >= 15 is 0 Å². The summed E-state index contributed by atoms with van der Waals surface area (Å²) in [5, 5.41) is 20.5. The van der Waals surface area contributed by atoms with Crippen LogP contribution in [0.25, 0.3) is 0 Å². The van der Waals surface area contributed by atoms with Gasteiger partial charge in [-0.1, -0.05) is 17.3 Å². The molecule has 0 saturated heterocycles. The molecule has 0 spiro atoms. The highest BCUT2D eigenvalue weighted by molar-refractivity contribution is 9.10. The third kappa shape index (κ3) is 3.96. The molecule has 0 aliphatic carbocycles. The van der Waals surface area contributed by atoms with Gasteiger partial charge in [0.2, 0.25) is 0 Å². The Morgan fingerprint density at radius 3 is 2.48 bits per heavy atom. The second kappa shape index (κ2) is 7.10. The summed E-state index contributed by atoms with van der Waals surface area (Å²) >= 11 is 3.39. The lowest BCUT2D eigenvalue weighted by molar-refractivity contribution is 0.299. The molecule has 0 fully saturated rings. The van der Waals surface area contributed by atoms with Crippen LogP contribution in [-0.4, -0.2) is 22.8 Å². The van der Waals surface area contributed by atoms with Crippen molar-refractivity contribution in [1.82, 2.24) is 0 Å². The number of benzene rings is 2. The molecule has 2 aromatic carbocycles. The second-order valence-corrected chi connectivity index (χ2v) is 5.20. The molecule has 0 bridgehead atoms. The fourth-order valence-corrected chi connectivity index (χ4v) is 2.24. The predicted molar refractivity (Wildman–Crippen MR) is 84.0 cm³/mol. The van der Waals surface area contributed by atoms with Gasteiger partial charge in [-0.3, -0.25) is 0 Å². The molecule has 4 N–H and O–H groups in total. The Balaban J connectivity index is 2.16. The molecule has 0 aliphatic heterocycles. The quantitative estimate of drug-likeness (QED) is 0.335. The molecule has 0 atom stereocenters. The first-order chi connectivity index (χ1) is 10.1. The topological polar surface area (TPSA) is 88.1 Å². The Morgan fingerprint density at radius 2 is 1.90 bits per heavy atom. The first-order valence-corrected chi connectivity index (χ1v) is 7.08. The first-order valence-electron chi connectivity index (χ1n) is 6.29. The first kappa shape index (κ1) is 15.3. The normalized spacial score (nSPS) is 11.4. The van der Waals surface area contributed by atoms with Crippen molar-refractivity contribution in [2.24, 2.45) is 10.9 Å². The molecule has 0 amide bonds. The van der Waals surface area contributed by atoms with Gasteiger partial charge in [-0.2, -0.15) is 0 Å². The maximum absolute atomic E-state index is 8.88. The second-order valence-electron chi connectivity index (χ2n) is 4.35. The number of nitrogens with zero attached hydrogens (tertiary/aromatic N) is 1. The Morgan fingerprint density at radius 1 is 1.19 bits per heavy atom. The molecule has 2 aromatic rings. The highest BCUT2D eigenvalue weighted by Crippen LogP contribution is 2.30. The number of aliphatic hydroxyl groups excluding tert-OH is 1. The van der Waals surface area contributed by atoms with Crippen LogP contribution in [0.5, 0.6) is 11.5 Å². The minimum atomic E-state index is 0.0376. The molecular weight excluding hydrogens is 336 g/mol. The zero-order chi connectivity index (χ0) is 15.2. The van der Waals surface area contributed by atoms with Crippen LogP contribution < -0.4 is 10.5 Å². The maximum atomic E-state index is 8.88. The van der Waals surface area contributed by atoms with Crippen molar-refractivity contribution in [3.05, 3.63) is 58.1 Å². The van der Waals surface area contributed by atoms with E-state index in [0.29, 0.717) is 28.0 Å². The smallest absolute Gasteiger partial charge is 0.170 e. The molecule has 2 rings (SSSR count). The van der Waals surface area contributed by atoms with Gasteiger partial charge >= 0.3 is 0 Å². The predicted octanol–water partition coefficient (Wildman–Crippen LogP) is 2.87. The molecule has 6 heteroatoms. The molecule has 0 saturated carbocycles. The number of nitrogens with two attached hydrogens (primary N) is 1. The third-order valence-electron chi connectivity index (χ3n) is 2.89. The highest BCUT2D eigenvalue weighted by Gasteiger charge is 2.07. The Bertz CT molecular complexity index is 642. The lowest BCUT2D eigenvalue weighted by Gasteiger charge is -2.09. The van der Waals surface area contributed by atoms with Crippen molar-refractivity contribution in [2.45, 2.75) is 6.42 Å². The monoisotopic (exact) mass is 350 g/mol. The Labute approximate surface area is 130 Å². The van der Waals surface area contributed by atoms with Gasteiger partial charge in [0.1, 0.15) is 11.5 Å². The number of ether oxygens (including phenoxy) is 1. The molecule has 0 unspecified atom stereocenters. The number of halogens is 1. The van der Waals surface area contributed by atoms with Crippen LogP contribution in [0.2, 0.25) is 0 Å². The van der Waals surface area contributed by atoms with E-state index in [1.54, 1.807) is 18.2 Å². The van der Waals surface area contributed by atoms with E-state index in [-0.39, 0.29) is 12.4 Å². The zero-order valence-corrected chi connectivity index (χ0v) is 12.7. The van der Waals surface area contributed by atoms with Crippen molar-refractivity contribution in [3.8, 4) is 11.5 Å². The van der Waals surface area contributed by atoms with Gasteiger partial charge in [0.25, 0.3) is 0 Å². The van der Waals surface area contributed by atoms with Gasteiger partial charge in [0.05, 0.1) is 4.47 Å². The standard InChI is InChI=1S/C15H15BrN2O3/c16-13-9-11(15(17)18-20)3-6-14(13)21-12-4-1-10(2-5-12)7-8-19/h1-6,9,19-20H,7-8H2,(H2,17,18). The van der Waals surface area contributed by atoms with Crippen LogP contribution in [-0.2, 0) is 6.42 Å². The molecule has 21 heavy (non-hydrogen) atoms. The molecule has 0 heterocycles. The van der Waals surface area contributed by atoms with E-state index in [0.717, 1.165) is 5.56 Å². The van der Waals surface area contributed by atoms with Crippen molar-refractivity contribution in [3.63, 3.8) is 0 Å². The fourth-order valence-electron chi connectivity index (χ4n) is 1.78. The van der Waals surface area contributed by atoms with E-state index in [1.807, 2.05) is 24.3 Å². The van der Waals surface area contributed by atoms with Crippen molar-refractivity contribution >= 4 is 21.8 Å². The lowest BCUT2D eigenvalue weighted by atomic mass is 10.1. The van der Waals surface area contributed by atoms with Gasteiger partial charge in [-0.15, -0.1) is 0 Å². The van der Waals surface area contributed by atoms with Gasteiger partial charge < -0.3 is 20.8 Å². The zero-order valence-electron chi connectivity index (χ0n) is 11.2. The Kier molecular flexibility index (Phi) is 5.19. The van der Waals surface area contributed by atoms with Crippen molar-refractivity contribution in [2.75, 3.05) is 6.61 Å². The summed E-state index contributed by atoms with van der Waals surface area (Å²) in [5.41, 5.74) is 7.17. The number of hydrogen-bond acceptors (Lipinski definition) is 4. The minimum absolute atomic E-state index is 0.0376. The third-order valence-corrected chi connectivity index (χ3v) is 3.51. The summed E-state index contributed by atoms with van der Waals surface area (Å²) in [7, 11) is 0. The molecule has 5 nitrogen and oxygen atoms in total. The van der Waals surface area contributed by atoms with Crippen LogP contribution in [0, 0.1) is 0 Å². The molecule has 0 aromatic heterocycles. The van der Waals surface area contributed by atoms with Gasteiger partial charge in [0.15, 0.2) is 5.84 Å². The highest BCUT2D eigenvalue weighted by atomic mass is 79.9. The van der Waals surface area contributed by atoms with Gasteiger partial charge in [-0.25, -0.2) is 0 Å². The average molecular weight is 351 g/mol. The van der Waals surface area contributed by atoms with Crippen molar-refractivity contribution in [1.29, 1.82) is 0 Å². The summed E-state index contributed by atoms with van der Waals surface area (Å²) in [6.45, 7) is 0.126. The number of rotatable bonds is 5. The number of aliphatic hydroxyl groups is 1. The summed E-state index contributed by atoms with van der Waals surface area (Å²) in [5.74, 6) is 1.35. The number of hydrogen-bond donors (Lipinski definition) is 3. The minimum Gasteiger partial charge on any atom is -0.456 e. The van der Waals surface area contributed by atoms with Crippen LogP contribution >= 0.6 is 15.9 Å². The number of oxime groups is 1. The van der Waals surface area contributed by atoms with Crippen LogP contribution in [0.1, 0.15) is 11.1 Å². The van der Waals surface area contributed by atoms with Gasteiger partial charge in [0, 0.05) is 12.2 Å². The van der Waals surface area contributed by atoms with E-state index in [9.17, 15) is 0 Å². The van der Waals surface area contributed by atoms with E-state index in [2.05, 4.69) is 21.1 Å². The summed E-state index contributed by atoms with van der Waals surface area (Å²) in [4.78, 5) is 0. The lowest BCUT2D eigenvalue weighted by Crippen LogP contribution is -2.12. The summed E-state index contributed by atoms with van der Waals surface area (Å²) in [6.07, 6.45) is 0.623. The van der Waals surface area contributed by atoms with Crippen LogP contribution in [0.15, 0.2) is 52.1 Å². The largest absolute Gasteiger partial charge is 0.456 e. The summed E-state index contributed by atoms with van der Waals surface area (Å²) < 4.78 is 6.46. The SMILES string of the molecule is N/C(=N/O)c1ccc(Oc2ccc(CCO)cc2)c(Br)c1. The van der Waals surface area contributed by atoms with Gasteiger partial charge in [-0.05, 0) is 58.2 Å². The Hall–Kier alpha value is -2.05. The van der Waals surface area contributed by atoms with E-state index < -0.39 is 0 Å². The number of amidine groups is 1. The molecule has 110 valence electrons.